The monoisotopic (exact) mass is 850 g/mol. The van der Waals surface area contributed by atoms with Crippen LogP contribution in [0.3, 0.4) is 0 Å². The largest absolute Gasteiger partial charge is 0.462 e. The first kappa shape index (κ1) is 58.9. The highest BCUT2D eigenvalue weighted by Crippen LogP contribution is 2.19. The number of esters is 1. The van der Waals surface area contributed by atoms with E-state index in [1.54, 1.807) is 0 Å². The van der Waals surface area contributed by atoms with Crippen LogP contribution in [0.4, 0.5) is 0 Å². The summed E-state index contributed by atoms with van der Waals surface area (Å²) in [4.78, 5) is 26.2. The summed E-state index contributed by atoms with van der Waals surface area (Å²) in [5, 5.41) is 23.7. The van der Waals surface area contributed by atoms with E-state index in [9.17, 15) is 19.8 Å². The van der Waals surface area contributed by atoms with E-state index in [2.05, 4.69) is 26.1 Å². The Morgan fingerprint density at radius 3 is 1.02 bits per heavy atom. The quantitative estimate of drug-likeness (QED) is 0.0419. The summed E-state index contributed by atoms with van der Waals surface area (Å²) < 4.78 is 5.95. The molecule has 60 heavy (non-hydrogen) atoms. The highest BCUT2D eigenvalue weighted by atomic mass is 16.5. The molecule has 0 aromatic carbocycles. The molecule has 1 amide bonds. The van der Waals surface area contributed by atoms with Gasteiger partial charge in [0.15, 0.2) is 0 Å². The SMILES string of the molecule is CCCCCCCCCCCCCCCCCCCCC(=O)OC(CCCCCCCCCCCCCCC)CC(=O)NC(CO)C(O)CCCCCCCCCCCC. The van der Waals surface area contributed by atoms with Crippen molar-refractivity contribution in [3.63, 3.8) is 0 Å². The van der Waals surface area contributed by atoms with E-state index in [1.165, 1.54) is 225 Å². The Balaban J connectivity index is 4.45. The van der Waals surface area contributed by atoms with Crippen LogP contribution in [-0.4, -0.2) is 46.9 Å². The molecule has 3 atom stereocenters. The lowest BCUT2D eigenvalue weighted by molar-refractivity contribution is -0.151. The van der Waals surface area contributed by atoms with Gasteiger partial charge in [0.25, 0.3) is 0 Å². The molecule has 6 nitrogen and oxygen atoms in total. The van der Waals surface area contributed by atoms with E-state index in [1.807, 2.05) is 0 Å². The number of hydrogen-bond donors (Lipinski definition) is 3. The van der Waals surface area contributed by atoms with Crippen LogP contribution >= 0.6 is 0 Å². The van der Waals surface area contributed by atoms with Crippen LogP contribution in [0.1, 0.15) is 310 Å². The lowest BCUT2D eigenvalue weighted by Crippen LogP contribution is -2.46. The number of unbranched alkanes of at least 4 members (excludes halogenated alkanes) is 38. The number of nitrogens with one attached hydrogen (secondary N) is 1. The summed E-state index contributed by atoms with van der Waals surface area (Å²) in [6.45, 7) is 6.51. The van der Waals surface area contributed by atoms with Gasteiger partial charge in [0.05, 0.1) is 25.2 Å². The molecule has 3 N–H and O–H groups in total. The molecule has 0 rings (SSSR count). The molecule has 0 radical (unpaired) electrons. The predicted molar refractivity (Wildman–Crippen MR) is 260 cm³/mol. The summed E-state index contributed by atoms with van der Waals surface area (Å²) in [5.74, 6) is -0.449. The smallest absolute Gasteiger partial charge is 0.306 e. The standard InChI is InChI=1S/C54H107NO5/c1-4-7-10-13-16-19-22-24-25-26-27-28-30-32-35-38-41-44-47-54(59)60-50(45-42-39-36-33-31-29-23-20-17-14-11-8-5-2)48-53(58)55-51(49-56)52(57)46-43-40-37-34-21-18-15-12-9-6-3/h50-52,56-57H,4-49H2,1-3H3,(H,55,58). The number of hydrogen-bond acceptors (Lipinski definition) is 5. The first-order chi connectivity index (χ1) is 29.5. The number of carbonyl (C=O) groups is 2. The Labute approximate surface area is 375 Å². The Hall–Kier alpha value is -1.14. The van der Waals surface area contributed by atoms with E-state index in [0.717, 1.165) is 38.5 Å². The average molecular weight is 850 g/mol. The van der Waals surface area contributed by atoms with E-state index >= 15 is 0 Å². The summed E-state index contributed by atoms with van der Waals surface area (Å²) in [7, 11) is 0. The minimum absolute atomic E-state index is 0.0879. The highest BCUT2D eigenvalue weighted by Gasteiger charge is 2.24. The number of amides is 1. The Morgan fingerprint density at radius 2 is 0.700 bits per heavy atom. The zero-order chi connectivity index (χ0) is 43.8. The summed E-state index contributed by atoms with van der Waals surface area (Å²) in [5.41, 5.74) is 0. The molecule has 0 aliphatic rings. The second kappa shape index (κ2) is 48.9. The number of carbonyl (C=O) groups excluding carboxylic acids is 2. The van der Waals surface area contributed by atoms with E-state index in [0.29, 0.717) is 19.3 Å². The van der Waals surface area contributed by atoms with Crippen molar-refractivity contribution >= 4 is 11.9 Å². The number of ether oxygens (including phenoxy) is 1. The number of aliphatic hydroxyl groups is 2. The van der Waals surface area contributed by atoms with Gasteiger partial charge in [0.1, 0.15) is 6.10 Å². The third kappa shape index (κ3) is 43.5. The van der Waals surface area contributed by atoms with Crippen molar-refractivity contribution in [3.05, 3.63) is 0 Å². The van der Waals surface area contributed by atoms with Crippen LogP contribution in [-0.2, 0) is 14.3 Å². The molecule has 358 valence electrons. The van der Waals surface area contributed by atoms with Crippen LogP contribution < -0.4 is 5.32 Å². The van der Waals surface area contributed by atoms with Crippen molar-refractivity contribution in [1.82, 2.24) is 5.32 Å². The molecule has 0 saturated heterocycles. The molecule has 0 aromatic rings. The summed E-state index contributed by atoms with van der Waals surface area (Å²) in [6, 6.07) is -0.691. The van der Waals surface area contributed by atoms with Crippen LogP contribution in [0.5, 0.6) is 0 Å². The number of rotatable bonds is 50. The van der Waals surface area contributed by atoms with E-state index in [4.69, 9.17) is 4.74 Å². The minimum atomic E-state index is -0.778. The average Bonchev–Trinajstić information content (AvgIpc) is 3.24. The molecule has 0 aromatic heterocycles. The fourth-order valence-electron chi connectivity index (χ4n) is 8.79. The maximum Gasteiger partial charge on any atom is 0.306 e. The molecule has 0 aliphatic heterocycles. The van der Waals surface area contributed by atoms with Gasteiger partial charge in [0, 0.05) is 6.42 Å². The lowest BCUT2D eigenvalue weighted by Gasteiger charge is -2.24. The van der Waals surface area contributed by atoms with Gasteiger partial charge in [-0.15, -0.1) is 0 Å². The molecule has 0 bridgehead atoms. The van der Waals surface area contributed by atoms with Crippen LogP contribution in [0.15, 0.2) is 0 Å². The van der Waals surface area contributed by atoms with E-state index < -0.39 is 18.2 Å². The summed E-state index contributed by atoms with van der Waals surface area (Å²) >= 11 is 0. The first-order valence-electron chi connectivity index (χ1n) is 27.3. The van der Waals surface area contributed by atoms with Crippen molar-refractivity contribution in [2.45, 2.75) is 328 Å². The minimum Gasteiger partial charge on any atom is -0.462 e. The second-order valence-electron chi connectivity index (χ2n) is 19.0. The van der Waals surface area contributed by atoms with Gasteiger partial charge in [-0.3, -0.25) is 9.59 Å². The molecule has 0 fully saturated rings. The lowest BCUT2D eigenvalue weighted by atomic mass is 10.0. The zero-order valence-corrected chi connectivity index (χ0v) is 40.9. The molecule has 0 heterocycles. The third-order valence-corrected chi connectivity index (χ3v) is 12.9. The van der Waals surface area contributed by atoms with Crippen molar-refractivity contribution in [2.75, 3.05) is 6.61 Å². The van der Waals surface area contributed by atoms with Gasteiger partial charge in [-0.05, 0) is 25.7 Å². The third-order valence-electron chi connectivity index (χ3n) is 12.9. The molecular formula is C54H107NO5. The first-order valence-corrected chi connectivity index (χ1v) is 27.3. The van der Waals surface area contributed by atoms with Crippen molar-refractivity contribution in [3.8, 4) is 0 Å². The summed E-state index contributed by atoms with van der Waals surface area (Å²) in [6.07, 6.45) is 53.1. The zero-order valence-electron chi connectivity index (χ0n) is 40.9. The van der Waals surface area contributed by atoms with Crippen LogP contribution in [0.2, 0.25) is 0 Å². The van der Waals surface area contributed by atoms with Gasteiger partial charge >= 0.3 is 5.97 Å². The Bertz CT molecular complexity index is 867. The van der Waals surface area contributed by atoms with Crippen molar-refractivity contribution in [2.24, 2.45) is 0 Å². The molecule has 6 heteroatoms. The Kier molecular flexibility index (Phi) is 48.0. The van der Waals surface area contributed by atoms with Gasteiger partial charge in [0.2, 0.25) is 5.91 Å². The molecule has 3 unspecified atom stereocenters. The fraction of sp³-hybridized carbons (Fsp3) is 0.963. The van der Waals surface area contributed by atoms with Gasteiger partial charge in [-0.1, -0.05) is 271 Å². The Morgan fingerprint density at radius 1 is 0.417 bits per heavy atom. The van der Waals surface area contributed by atoms with Crippen LogP contribution in [0.25, 0.3) is 0 Å². The molecule has 0 saturated carbocycles. The molecular weight excluding hydrogens is 743 g/mol. The van der Waals surface area contributed by atoms with Gasteiger partial charge in [-0.25, -0.2) is 0 Å². The van der Waals surface area contributed by atoms with Crippen molar-refractivity contribution < 1.29 is 24.5 Å². The van der Waals surface area contributed by atoms with Crippen LogP contribution in [0, 0.1) is 0 Å². The topological polar surface area (TPSA) is 95.9 Å². The van der Waals surface area contributed by atoms with E-state index in [-0.39, 0.29) is 24.9 Å². The normalized spacial score (nSPS) is 13.1. The number of aliphatic hydroxyl groups excluding tert-OH is 2. The molecule has 0 aliphatic carbocycles. The van der Waals surface area contributed by atoms with Crippen molar-refractivity contribution in [1.29, 1.82) is 0 Å². The van der Waals surface area contributed by atoms with Gasteiger partial charge in [-0.2, -0.15) is 0 Å². The molecule has 0 spiro atoms. The maximum absolute atomic E-state index is 13.2. The second-order valence-corrected chi connectivity index (χ2v) is 19.0. The highest BCUT2D eigenvalue weighted by molar-refractivity contribution is 5.77. The van der Waals surface area contributed by atoms with Gasteiger partial charge < -0.3 is 20.3 Å². The maximum atomic E-state index is 13.2. The predicted octanol–water partition coefficient (Wildman–Crippen LogP) is 16.4. The fourth-order valence-corrected chi connectivity index (χ4v) is 8.79.